The summed E-state index contributed by atoms with van der Waals surface area (Å²) >= 11 is 0. The molecule has 11 nitrogen and oxygen atoms in total. The number of benzene rings is 1. The Morgan fingerprint density at radius 2 is 1.96 bits per heavy atom. The number of amides is 2. The first-order chi connectivity index (χ1) is 12.5. The van der Waals surface area contributed by atoms with Crippen LogP contribution in [0.15, 0.2) is 35.4 Å². The molecule has 0 saturated carbocycles. The Kier molecular flexibility index (Phi) is 3.29. The van der Waals surface area contributed by atoms with Crippen molar-refractivity contribution in [1.82, 2.24) is 30.1 Å². The Hall–Kier alpha value is -4.02. The van der Waals surface area contributed by atoms with Crippen molar-refractivity contribution in [2.75, 3.05) is 12.8 Å². The van der Waals surface area contributed by atoms with Crippen LogP contribution in [0.25, 0.3) is 11.4 Å². The van der Waals surface area contributed by atoms with Crippen molar-refractivity contribution in [3.63, 3.8) is 0 Å². The molecular weight excluding hydrogens is 342 g/mol. The topological polar surface area (TPSA) is 147 Å². The molecule has 2 aromatic heterocycles. The first-order valence-electron chi connectivity index (χ1n) is 7.34. The van der Waals surface area contributed by atoms with Crippen molar-refractivity contribution in [3.8, 4) is 17.1 Å². The lowest BCUT2D eigenvalue weighted by atomic mass is 10.1. The SMILES string of the molecule is COc1cc(-n2cnnn2)ccc1-n1c(N)c2c(cc1=O)C(=O)NC2=O. The molecule has 3 N–H and O–H groups in total. The van der Waals surface area contributed by atoms with Gasteiger partial charge in [0, 0.05) is 12.1 Å². The number of ether oxygens (including phenoxy) is 1. The number of hydrogen-bond acceptors (Lipinski definition) is 8. The molecule has 0 fully saturated rings. The second-order valence-corrected chi connectivity index (χ2v) is 5.39. The normalized spacial score (nSPS) is 12.8. The van der Waals surface area contributed by atoms with Crippen LogP contribution in [0.4, 0.5) is 5.82 Å². The standard InChI is InChI=1S/C15H11N7O4/c1-26-10-4-7(21-6-17-19-20-21)2-3-9(10)22-11(23)5-8-12(13(22)16)15(25)18-14(8)24/h2-6H,16H2,1H3,(H,18,24,25). The van der Waals surface area contributed by atoms with Crippen molar-refractivity contribution in [1.29, 1.82) is 0 Å². The number of carbonyl (C=O) groups excluding carboxylic acids is 2. The summed E-state index contributed by atoms with van der Waals surface area (Å²) in [5.41, 5.74) is 6.28. The maximum absolute atomic E-state index is 12.5. The molecule has 1 aliphatic rings. The summed E-state index contributed by atoms with van der Waals surface area (Å²) in [6.07, 6.45) is 1.40. The van der Waals surface area contributed by atoms with E-state index >= 15 is 0 Å². The Bertz CT molecular complexity index is 1120. The Balaban J connectivity index is 1.94. The fourth-order valence-electron chi connectivity index (χ4n) is 2.80. The molecule has 0 atom stereocenters. The van der Waals surface area contributed by atoms with Gasteiger partial charge >= 0.3 is 0 Å². The van der Waals surface area contributed by atoms with Crippen molar-refractivity contribution in [3.05, 3.63) is 52.1 Å². The van der Waals surface area contributed by atoms with Gasteiger partial charge in [-0.15, -0.1) is 5.10 Å². The first kappa shape index (κ1) is 15.5. The molecular formula is C15H11N7O4. The summed E-state index contributed by atoms with van der Waals surface area (Å²) in [5, 5.41) is 13.0. The number of aromatic nitrogens is 5. The van der Waals surface area contributed by atoms with Gasteiger partial charge in [-0.1, -0.05) is 0 Å². The molecule has 3 aromatic rings. The van der Waals surface area contributed by atoms with Gasteiger partial charge in [-0.25, -0.2) is 4.68 Å². The van der Waals surface area contributed by atoms with E-state index in [1.807, 2.05) is 0 Å². The molecule has 0 bridgehead atoms. The Morgan fingerprint density at radius 1 is 1.15 bits per heavy atom. The number of fused-ring (bicyclic) bond motifs is 1. The lowest BCUT2D eigenvalue weighted by Gasteiger charge is -2.15. The van der Waals surface area contributed by atoms with Gasteiger partial charge in [-0.05, 0) is 22.6 Å². The van der Waals surface area contributed by atoms with Gasteiger partial charge in [0.2, 0.25) is 0 Å². The molecule has 0 spiro atoms. The molecule has 0 unspecified atom stereocenters. The molecule has 1 aliphatic heterocycles. The minimum atomic E-state index is -0.652. The number of rotatable bonds is 3. The van der Waals surface area contributed by atoms with Crippen LogP contribution in [0, 0.1) is 0 Å². The van der Waals surface area contributed by atoms with Gasteiger partial charge in [0.15, 0.2) is 0 Å². The molecule has 3 heterocycles. The zero-order chi connectivity index (χ0) is 18.4. The van der Waals surface area contributed by atoms with Crippen molar-refractivity contribution >= 4 is 17.6 Å². The quantitative estimate of drug-likeness (QED) is 0.587. The van der Waals surface area contributed by atoms with Crippen LogP contribution in [0.1, 0.15) is 20.7 Å². The lowest BCUT2D eigenvalue weighted by Crippen LogP contribution is -2.24. The second kappa shape index (κ2) is 5.51. The summed E-state index contributed by atoms with van der Waals surface area (Å²) in [6, 6.07) is 5.91. The van der Waals surface area contributed by atoms with Gasteiger partial charge in [0.1, 0.15) is 17.9 Å². The number of carbonyl (C=O) groups is 2. The fraction of sp³-hybridized carbons (Fsp3) is 0.0667. The molecule has 1 aromatic carbocycles. The van der Waals surface area contributed by atoms with E-state index in [1.54, 1.807) is 18.2 Å². The van der Waals surface area contributed by atoms with Gasteiger partial charge in [0.05, 0.1) is 29.6 Å². The Morgan fingerprint density at radius 3 is 2.65 bits per heavy atom. The summed E-state index contributed by atoms with van der Waals surface area (Å²) in [4.78, 5) is 36.2. The fourth-order valence-corrected chi connectivity index (χ4v) is 2.80. The molecule has 26 heavy (non-hydrogen) atoms. The van der Waals surface area contributed by atoms with Gasteiger partial charge in [-0.3, -0.25) is 24.3 Å². The number of nitrogens with zero attached hydrogens (tertiary/aromatic N) is 5. The molecule has 0 aliphatic carbocycles. The van der Waals surface area contributed by atoms with E-state index in [-0.39, 0.29) is 16.9 Å². The van der Waals surface area contributed by atoms with E-state index in [9.17, 15) is 14.4 Å². The summed E-state index contributed by atoms with van der Waals surface area (Å²) in [7, 11) is 1.42. The van der Waals surface area contributed by atoms with Crippen LogP contribution in [0.3, 0.4) is 0 Å². The average Bonchev–Trinajstić information content (AvgIpc) is 3.24. The van der Waals surface area contributed by atoms with Crippen LogP contribution in [-0.4, -0.2) is 43.7 Å². The summed E-state index contributed by atoms with van der Waals surface area (Å²) in [6.45, 7) is 0. The third kappa shape index (κ3) is 2.14. The van der Waals surface area contributed by atoms with Crippen LogP contribution in [0.5, 0.6) is 5.75 Å². The largest absolute Gasteiger partial charge is 0.494 e. The van der Waals surface area contributed by atoms with E-state index in [1.165, 1.54) is 18.1 Å². The number of pyridine rings is 1. The highest BCUT2D eigenvalue weighted by atomic mass is 16.5. The van der Waals surface area contributed by atoms with E-state index < -0.39 is 17.4 Å². The monoisotopic (exact) mass is 353 g/mol. The lowest BCUT2D eigenvalue weighted by molar-refractivity contribution is 0.0880. The third-order valence-corrected chi connectivity index (χ3v) is 3.97. The summed E-state index contributed by atoms with van der Waals surface area (Å²) in [5.74, 6) is -1.15. The van der Waals surface area contributed by atoms with Crippen molar-refractivity contribution in [2.45, 2.75) is 0 Å². The third-order valence-electron chi connectivity index (χ3n) is 3.97. The van der Waals surface area contributed by atoms with Crippen LogP contribution < -0.4 is 21.3 Å². The second-order valence-electron chi connectivity index (χ2n) is 5.39. The van der Waals surface area contributed by atoms with Gasteiger partial charge < -0.3 is 10.5 Å². The van der Waals surface area contributed by atoms with Crippen molar-refractivity contribution in [2.24, 2.45) is 0 Å². The number of nitrogens with two attached hydrogens (primary N) is 1. The zero-order valence-corrected chi connectivity index (χ0v) is 13.3. The maximum atomic E-state index is 12.5. The number of imide groups is 1. The van der Waals surface area contributed by atoms with Gasteiger partial charge in [0.25, 0.3) is 17.4 Å². The number of anilines is 1. The maximum Gasteiger partial charge on any atom is 0.262 e. The molecule has 130 valence electrons. The summed E-state index contributed by atoms with van der Waals surface area (Å²) < 4.78 is 7.87. The Labute approximate surface area is 145 Å². The van der Waals surface area contributed by atoms with E-state index in [0.29, 0.717) is 17.1 Å². The minimum Gasteiger partial charge on any atom is -0.494 e. The number of methoxy groups -OCH3 is 1. The van der Waals surface area contributed by atoms with E-state index in [4.69, 9.17) is 10.5 Å². The predicted molar refractivity (Wildman–Crippen MR) is 87.5 cm³/mol. The van der Waals surface area contributed by atoms with Gasteiger partial charge in [-0.2, -0.15) is 0 Å². The van der Waals surface area contributed by atoms with Crippen molar-refractivity contribution < 1.29 is 14.3 Å². The first-order valence-corrected chi connectivity index (χ1v) is 7.34. The highest BCUT2D eigenvalue weighted by Gasteiger charge is 2.32. The molecule has 4 rings (SSSR count). The molecule has 2 amide bonds. The minimum absolute atomic E-state index is 0.0406. The predicted octanol–water partition coefficient (Wildman–Crippen LogP) is -0.712. The zero-order valence-electron chi connectivity index (χ0n) is 13.3. The van der Waals surface area contributed by atoms with Crippen LogP contribution >= 0.6 is 0 Å². The molecule has 0 radical (unpaired) electrons. The van der Waals surface area contributed by atoms with E-state index in [2.05, 4.69) is 20.8 Å². The average molecular weight is 353 g/mol. The number of hydrogen-bond donors (Lipinski definition) is 2. The van der Waals surface area contributed by atoms with Crippen LogP contribution in [0.2, 0.25) is 0 Å². The smallest absolute Gasteiger partial charge is 0.262 e. The number of nitrogens with one attached hydrogen (secondary N) is 1. The van der Waals surface area contributed by atoms with Crippen LogP contribution in [-0.2, 0) is 0 Å². The number of nitrogen functional groups attached to an aromatic ring is 1. The highest BCUT2D eigenvalue weighted by Crippen LogP contribution is 2.29. The molecule has 11 heteroatoms. The number of tetrazole rings is 1. The molecule has 0 saturated heterocycles. The highest BCUT2D eigenvalue weighted by molar-refractivity contribution is 6.23. The van der Waals surface area contributed by atoms with E-state index in [0.717, 1.165) is 10.6 Å².